The van der Waals surface area contributed by atoms with Crippen LogP contribution in [0.15, 0.2) is 15.2 Å². The van der Waals surface area contributed by atoms with Gasteiger partial charge in [0.15, 0.2) is 0 Å². The van der Waals surface area contributed by atoms with E-state index < -0.39 is 0 Å². The van der Waals surface area contributed by atoms with E-state index in [1.807, 2.05) is 11.4 Å². The average molecular weight is 312 g/mol. The third-order valence-electron chi connectivity index (χ3n) is 2.23. The molecule has 1 aromatic heterocycles. The number of hydrogen-bond acceptors (Lipinski definition) is 3. The molecule has 2 heterocycles. The zero-order valence-corrected chi connectivity index (χ0v) is 11.2. The van der Waals surface area contributed by atoms with Crippen molar-refractivity contribution in [3.63, 3.8) is 0 Å². The Morgan fingerprint density at radius 3 is 3.00 bits per heavy atom. The predicted octanol–water partition coefficient (Wildman–Crippen LogP) is 2.02. The van der Waals surface area contributed by atoms with Gasteiger partial charge < -0.3 is 10.6 Å². The number of carbonyl (C=O) groups is 1. The minimum absolute atomic E-state index is 0. The van der Waals surface area contributed by atoms with Crippen LogP contribution in [0.4, 0.5) is 0 Å². The Labute approximate surface area is 107 Å². The van der Waals surface area contributed by atoms with Crippen molar-refractivity contribution in [3.8, 4) is 0 Å². The molecule has 0 saturated carbocycles. The lowest BCUT2D eigenvalue weighted by Gasteiger charge is -2.09. The summed E-state index contributed by atoms with van der Waals surface area (Å²) in [6, 6.07) is 2.14. The van der Waals surface area contributed by atoms with Crippen molar-refractivity contribution in [1.29, 1.82) is 0 Å². The molecule has 1 atom stereocenters. The number of rotatable bonds is 2. The van der Waals surface area contributed by atoms with Gasteiger partial charge in [-0.05, 0) is 35.0 Å². The summed E-state index contributed by atoms with van der Waals surface area (Å²) in [5, 5.41) is 8.07. The fourth-order valence-corrected chi connectivity index (χ4v) is 2.61. The van der Waals surface area contributed by atoms with Crippen LogP contribution < -0.4 is 10.6 Å². The molecule has 15 heavy (non-hydrogen) atoms. The highest BCUT2D eigenvalue weighted by molar-refractivity contribution is 9.11. The molecule has 1 aliphatic rings. The number of halogens is 2. The van der Waals surface area contributed by atoms with E-state index in [9.17, 15) is 4.79 Å². The maximum Gasteiger partial charge on any atom is 0.252 e. The van der Waals surface area contributed by atoms with Crippen molar-refractivity contribution in [3.05, 3.63) is 20.8 Å². The number of amides is 1. The van der Waals surface area contributed by atoms with Crippen molar-refractivity contribution >= 4 is 45.6 Å². The predicted molar refractivity (Wildman–Crippen MR) is 68.0 cm³/mol. The topological polar surface area (TPSA) is 41.1 Å². The lowest BCUT2D eigenvalue weighted by Crippen LogP contribution is -2.35. The van der Waals surface area contributed by atoms with Gasteiger partial charge in [-0.1, -0.05) is 0 Å². The molecule has 2 rings (SSSR count). The van der Waals surface area contributed by atoms with E-state index in [-0.39, 0.29) is 18.3 Å². The Hall–Kier alpha value is -0.100. The zero-order chi connectivity index (χ0) is 9.97. The van der Waals surface area contributed by atoms with E-state index in [1.165, 1.54) is 11.3 Å². The van der Waals surface area contributed by atoms with Crippen molar-refractivity contribution in [2.24, 2.45) is 0 Å². The lowest BCUT2D eigenvalue weighted by atomic mass is 10.2. The van der Waals surface area contributed by atoms with E-state index >= 15 is 0 Å². The summed E-state index contributed by atoms with van der Waals surface area (Å²) in [6.45, 7) is 1.88. The Bertz CT molecular complexity index is 339. The van der Waals surface area contributed by atoms with Crippen LogP contribution in [-0.2, 0) is 0 Å². The molecule has 0 aliphatic carbocycles. The van der Waals surface area contributed by atoms with Crippen molar-refractivity contribution in [1.82, 2.24) is 10.6 Å². The summed E-state index contributed by atoms with van der Waals surface area (Å²) in [7, 11) is 0. The number of thiophene rings is 1. The molecule has 84 valence electrons. The number of hydrogen-bond donors (Lipinski definition) is 2. The normalized spacial score (nSPS) is 19.7. The maximum atomic E-state index is 11.7. The highest BCUT2D eigenvalue weighted by Gasteiger charge is 2.17. The van der Waals surface area contributed by atoms with Crippen LogP contribution in [0.2, 0.25) is 0 Å². The van der Waals surface area contributed by atoms with Crippen LogP contribution in [0.1, 0.15) is 16.8 Å². The summed E-state index contributed by atoms with van der Waals surface area (Å²) in [6.07, 6.45) is 1.02. The largest absolute Gasteiger partial charge is 0.348 e. The van der Waals surface area contributed by atoms with Gasteiger partial charge in [0, 0.05) is 18.0 Å². The fraction of sp³-hybridized carbons (Fsp3) is 0.444. The first-order valence-electron chi connectivity index (χ1n) is 4.51. The first-order chi connectivity index (χ1) is 6.75. The van der Waals surface area contributed by atoms with Crippen molar-refractivity contribution in [2.45, 2.75) is 12.5 Å². The van der Waals surface area contributed by atoms with Crippen LogP contribution in [0.25, 0.3) is 0 Å². The second-order valence-corrected chi connectivity index (χ2v) is 5.59. The van der Waals surface area contributed by atoms with Crippen LogP contribution in [-0.4, -0.2) is 25.0 Å². The summed E-state index contributed by atoms with van der Waals surface area (Å²) < 4.78 is 0.993. The van der Waals surface area contributed by atoms with Crippen LogP contribution in [0.5, 0.6) is 0 Å². The smallest absolute Gasteiger partial charge is 0.252 e. The first-order valence-corrected chi connectivity index (χ1v) is 6.18. The minimum Gasteiger partial charge on any atom is -0.348 e. The summed E-state index contributed by atoms with van der Waals surface area (Å²) >= 11 is 4.87. The zero-order valence-electron chi connectivity index (χ0n) is 7.96. The molecule has 0 bridgehead atoms. The molecular weight excluding hydrogens is 300 g/mol. The van der Waals surface area contributed by atoms with E-state index in [0.717, 1.165) is 28.9 Å². The first kappa shape index (κ1) is 13.0. The standard InChI is InChI=1S/C9H11BrN2OS.ClH/c10-8-3-6(5-14-8)9(13)12-7-1-2-11-4-7;/h3,5,7,11H,1-2,4H2,(H,12,13);1H. The van der Waals surface area contributed by atoms with E-state index in [4.69, 9.17) is 0 Å². The molecule has 6 heteroatoms. The van der Waals surface area contributed by atoms with Gasteiger partial charge in [-0.2, -0.15) is 0 Å². The molecule has 0 aromatic carbocycles. The van der Waals surface area contributed by atoms with Gasteiger partial charge in [-0.25, -0.2) is 0 Å². The Morgan fingerprint density at radius 2 is 2.47 bits per heavy atom. The Morgan fingerprint density at radius 1 is 1.67 bits per heavy atom. The monoisotopic (exact) mass is 310 g/mol. The van der Waals surface area contributed by atoms with E-state index in [2.05, 4.69) is 26.6 Å². The average Bonchev–Trinajstić information content (AvgIpc) is 2.75. The van der Waals surface area contributed by atoms with Gasteiger partial charge in [0.1, 0.15) is 0 Å². The van der Waals surface area contributed by atoms with E-state index in [1.54, 1.807) is 0 Å². The number of nitrogens with one attached hydrogen (secondary N) is 2. The van der Waals surface area contributed by atoms with Crippen molar-refractivity contribution in [2.75, 3.05) is 13.1 Å². The molecule has 2 N–H and O–H groups in total. The molecule has 1 fully saturated rings. The molecular formula is C9H12BrClN2OS. The quantitative estimate of drug-likeness (QED) is 0.877. The van der Waals surface area contributed by atoms with Crippen molar-refractivity contribution < 1.29 is 4.79 Å². The molecule has 1 amide bonds. The van der Waals surface area contributed by atoms with Gasteiger partial charge in [-0.15, -0.1) is 23.7 Å². The second-order valence-electron chi connectivity index (χ2n) is 3.30. The third kappa shape index (κ3) is 3.45. The second kappa shape index (κ2) is 5.84. The molecule has 1 aliphatic heterocycles. The lowest BCUT2D eigenvalue weighted by molar-refractivity contribution is 0.0940. The maximum absolute atomic E-state index is 11.7. The van der Waals surface area contributed by atoms with Crippen LogP contribution >= 0.6 is 39.7 Å². The van der Waals surface area contributed by atoms with Crippen LogP contribution in [0.3, 0.4) is 0 Å². The highest BCUT2D eigenvalue weighted by Crippen LogP contribution is 2.20. The minimum atomic E-state index is 0. The van der Waals surface area contributed by atoms with Gasteiger partial charge in [-0.3, -0.25) is 4.79 Å². The van der Waals surface area contributed by atoms with Gasteiger partial charge >= 0.3 is 0 Å². The highest BCUT2D eigenvalue weighted by atomic mass is 79.9. The molecule has 0 radical (unpaired) electrons. The Kier molecular flexibility index (Phi) is 5.05. The van der Waals surface area contributed by atoms with Gasteiger partial charge in [0.2, 0.25) is 0 Å². The molecule has 0 spiro atoms. The summed E-state index contributed by atoms with van der Waals surface area (Å²) in [4.78, 5) is 11.7. The fourth-order valence-electron chi connectivity index (χ4n) is 1.48. The SMILES string of the molecule is Cl.O=C(NC1CCNC1)c1csc(Br)c1. The summed E-state index contributed by atoms with van der Waals surface area (Å²) in [5.74, 6) is 0.0284. The molecule has 1 aromatic rings. The molecule has 1 saturated heterocycles. The Balaban J connectivity index is 0.00000112. The van der Waals surface area contributed by atoms with Gasteiger partial charge in [0.05, 0.1) is 9.35 Å². The van der Waals surface area contributed by atoms with Crippen LogP contribution in [0, 0.1) is 0 Å². The summed E-state index contributed by atoms with van der Waals surface area (Å²) in [5.41, 5.74) is 0.744. The van der Waals surface area contributed by atoms with E-state index in [0.29, 0.717) is 6.04 Å². The molecule has 3 nitrogen and oxygen atoms in total. The van der Waals surface area contributed by atoms with Gasteiger partial charge in [0.25, 0.3) is 5.91 Å². The third-order valence-corrected chi connectivity index (χ3v) is 3.73. The molecule has 1 unspecified atom stereocenters. The number of carbonyl (C=O) groups excluding carboxylic acids is 1.